The molecular weight excluding hydrogens is 214 g/mol. The lowest BCUT2D eigenvalue weighted by atomic mass is 9.86. The second kappa shape index (κ2) is 4.28. The second-order valence-electron chi connectivity index (χ2n) is 4.35. The molecule has 0 saturated heterocycles. The van der Waals surface area contributed by atoms with Crippen molar-refractivity contribution < 1.29 is 5.11 Å². The topological polar surface area (TPSA) is 61.8 Å². The quantitative estimate of drug-likeness (QED) is 0.834. The summed E-state index contributed by atoms with van der Waals surface area (Å²) in [5.74, 6) is 0.900. The van der Waals surface area contributed by atoms with E-state index in [9.17, 15) is 5.11 Å². The van der Waals surface area contributed by atoms with Crippen molar-refractivity contribution in [2.75, 3.05) is 13.1 Å². The highest BCUT2D eigenvalue weighted by molar-refractivity contribution is 5.81. The smallest absolute Gasteiger partial charge is 0.192 e. The molecule has 1 unspecified atom stereocenters. The summed E-state index contributed by atoms with van der Waals surface area (Å²) >= 11 is 0. The summed E-state index contributed by atoms with van der Waals surface area (Å²) in [6.07, 6.45) is 0.940. The zero-order valence-electron chi connectivity index (χ0n) is 10.3. The van der Waals surface area contributed by atoms with Crippen LogP contribution < -0.4 is 5.73 Å². The number of phenols is 1. The molecule has 1 atom stereocenters. The van der Waals surface area contributed by atoms with Gasteiger partial charge in [-0.3, -0.25) is 4.99 Å². The summed E-state index contributed by atoms with van der Waals surface area (Å²) in [7, 11) is 0. The van der Waals surface area contributed by atoms with Gasteiger partial charge in [-0.05, 0) is 31.0 Å². The first-order valence-corrected chi connectivity index (χ1v) is 6.01. The molecule has 2 rings (SSSR count). The zero-order chi connectivity index (χ0) is 12.5. The number of hydrogen-bond acceptors (Lipinski definition) is 4. The predicted molar refractivity (Wildman–Crippen MR) is 68.9 cm³/mol. The summed E-state index contributed by atoms with van der Waals surface area (Å²) in [5, 5.41) is 9.36. The minimum atomic E-state index is -0.146. The lowest BCUT2D eigenvalue weighted by Gasteiger charge is -2.38. The number of likely N-dealkylation sites (N-methyl/N-ethyl adjacent to an activating group) is 1. The number of aliphatic imine (C=N–C) groups is 1. The molecule has 1 aliphatic heterocycles. The van der Waals surface area contributed by atoms with Crippen molar-refractivity contribution in [3.05, 3.63) is 29.8 Å². The van der Waals surface area contributed by atoms with E-state index in [1.54, 1.807) is 12.1 Å². The van der Waals surface area contributed by atoms with Crippen LogP contribution in [0, 0.1) is 0 Å². The summed E-state index contributed by atoms with van der Waals surface area (Å²) in [4.78, 5) is 6.51. The fraction of sp³-hybridized carbons (Fsp3) is 0.462. The van der Waals surface area contributed by atoms with E-state index >= 15 is 0 Å². The van der Waals surface area contributed by atoms with Gasteiger partial charge in [-0.25, -0.2) is 0 Å². The van der Waals surface area contributed by atoms with Gasteiger partial charge in [0.05, 0.1) is 12.1 Å². The van der Waals surface area contributed by atoms with Crippen LogP contribution in [-0.4, -0.2) is 29.1 Å². The third-order valence-corrected chi connectivity index (χ3v) is 3.60. The van der Waals surface area contributed by atoms with Crippen molar-refractivity contribution in [1.29, 1.82) is 0 Å². The Bertz CT molecular complexity index is 427. The van der Waals surface area contributed by atoms with Gasteiger partial charge in [0.25, 0.3) is 0 Å². The van der Waals surface area contributed by atoms with Crippen LogP contribution >= 0.6 is 0 Å². The highest BCUT2D eigenvalue weighted by Gasteiger charge is 2.41. The van der Waals surface area contributed by atoms with Crippen LogP contribution in [0.25, 0.3) is 0 Å². The summed E-state index contributed by atoms with van der Waals surface area (Å²) in [5.41, 5.74) is 6.94. The van der Waals surface area contributed by atoms with Crippen molar-refractivity contribution in [2.45, 2.75) is 25.8 Å². The average molecular weight is 233 g/mol. The Labute approximate surface area is 102 Å². The van der Waals surface area contributed by atoms with Crippen LogP contribution in [0.4, 0.5) is 0 Å². The van der Waals surface area contributed by atoms with Crippen LogP contribution in [0.1, 0.15) is 25.8 Å². The first kappa shape index (κ1) is 11.8. The zero-order valence-corrected chi connectivity index (χ0v) is 10.3. The van der Waals surface area contributed by atoms with Crippen LogP contribution in [0.2, 0.25) is 0 Å². The molecule has 0 saturated carbocycles. The lowest BCUT2D eigenvalue weighted by molar-refractivity contribution is 0.202. The number of aromatic hydroxyl groups is 1. The van der Waals surface area contributed by atoms with Gasteiger partial charge < -0.3 is 15.7 Å². The number of guanidine groups is 1. The van der Waals surface area contributed by atoms with E-state index in [2.05, 4.69) is 23.7 Å². The van der Waals surface area contributed by atoms with Crippen molar-refractivity contribution in [2.24, 2.45) is 10.7 Å². The first-order valence-electron chi connectivity index (χ1n) is 6.01. The van der Waals surface area contributed by atoms with Gasteiger partial charge in [0, 0.05) is 6.54 Å². The molecule has 1 aliphatic rings. The van der Waals surface area contributed by atoms with Gasteiger partial charge in [-0.2, -0.15) is 0 Å². The third-order valence-electron chi connectivity index (χ3n) is 3.60. The third kappa shape index (κ3) is 1.73. The Hall–Kier alpha value is -1.71. The molecule has 17 heavy (non-hydrogen) atoms. The summed E-state index contributed by atoms with van der Waals surface area (Å²) < 4.78 is 0. The number of nitrogens with two attached hydrogens (primary N) is 1. The molecule has 0 amide bonds. The molecule has 3 N–H and O–H groups in total. The normalized spacial score (nSPS) is 23.9. The Morgan fingerprint density at radius 3 is 2.53 bits per heavy atom. The van der Waals surface area contributed by atoms with Gasteiger partial charge in [-0.15, -0.1) is 0 Å². The minimum absolute atomic E-state index is 0.146. The Morgan fingerprint density at radius 1 is 1.35 bits per heavy atom. The van der Waals surface area contributed by atoms with Crippen molar-refractivity contribution in [1.82, 2.24) is 4.90 Å². The number of hydrogen-bond donors (Lipinski definition) is 2. The molecule has 0 aromatic heterocycles. The van der Waals surface area contributed by atoms with E-state index in [1.165, 1.54) is 0 Å². The standard InChI is InChI=1S/C13H19N3O/c1-3-13(9-15-12(14)16(13)4-2)10-5-7-11(17)8-6-10/h5-8,17H,3-4,9H2,1-2H3,(H2,14,15). The molecule has 0 radical (unpaired) electrons. The number of nitrogens with zero attached hydrogens (tertiary/aromatic N) is 2. The van der Waals surface area contributed by atoms with E-state index in [4.69, 9.17) is 5.73 Å². The molecule has 4 nitrogen and oxygen atoms in total. The van der Waals surface area contributed by atoms with Gasteiger partial charge >= 0.3 is 0 Å². The maximum atomic E-state index is 9.36. The maximum Gasteiger partial charge on any atom is 0.192 e. The fourth-order valence-electron chi connectivity index (χ4n) is 2.59. The minimum Gasteiger partial charge on any atom is -0.508 e. The molecule has 1 heterocycles. The molecule has 4 heteroatoms. The molecule has 0 spiro atoms. The monoisotopic (exact) mass is 233 g/mol. The van der Waals surface area contributed by atoms with E-state index in [-0.39, 0.29) is 11.3 Å². The number of phenolic OH excluding ortho intramolecular Hbond substituents is 1. The Morgan fingerprint density at radius 2 is 2.00 bits per heavy atom. The van der Waals surface area contributed by atoms with Crippen LogP contribution in [0.15, 0.2) is 29.3 Å². The van der Waals surface area contributed by atoms with Gasteiger partial charge in [0.1, 0.15) is 5.75 Å². The van der Waals surface area contributed by atoms with Gasteiger partial charge in [0.2, 0.25) is 0 Å². The van der Waals surface area contributed by atoms with Gasteiger partial charge in [0.15, 0.2) is 5.96 Å². The van der Waals surface area contributed by atoms with E-state index in [0.29, 0.717) is 12.5 Å². The highest BCUT2D eigenvalue weighted by Crippen LogP contribution is 2.36. The largest absolute Gasteiger partial charge is 0.508 e. The fourth-order valence-corrected chi connectivity index (χ4v) is 2.59. The maximum absolute atomic E-state index is 9.36. The molecule has 1 aromatic rings. The number of benzene rings is 1. The Balaban J connectivity index is 2.42. The Kier molecular flexibility index (Phi) is 2.96. The van der Waals surface area contributed by atoms with Gasteiger partial charge in [-0.1, -0.05) is 19.1 Å². The lowest BCUT2D eigenvalue weighted by Crippen LogP contribution is -2.48. The molecule has 0 aliphatic carbocycles. The molecule has 0 bridgehead atoms. The van der Waals surface area contributed by atoms with Crippen LogP contribution in [-0.2, 0) is 5.54 Å². The van der Waals surface area contributed by atoms with E-state index < -0.39 is 0 Å². The molecule has 92 valence electrons. The van der Waals surface area contributed by atoms with Crippen LogP contribution in [0.5, 0.6) is 5.75 Å². The summed E-state index contributed by atoms with van der Waals surface area (Å²) in [6, 6.07) is 7.34. The summed E-state index contributed by atoms with van der Waals surface area (Å²) in [6.45, 7) is 5.75. The van der Waals surface area contributed by atoms with Crippen molar-refractivity contribution in [3.63, 3.8) is 0 Å². The second-order valence-corrected chi connectivity index (χ2v) is 4.35. The van der Waals surface area contributed by atoms with Crippen LogP contribution in [0.3, 0.4) is 0 Å². The molecule has 0 fully saturated rings. The SMILES string of the molecule is CCN1C(N)=NCC1(CC)c1ccc(O)cc1. The molecule has 1 aromatic carbocycles. The van der Waals surface area contributed by atoms with Crippen molar-refractivity contribution >= 4 is 5.96 Å². The average Bonchev–Trinajstić information content (AvgIpc) is 2.67. The molecular formula is C13H19N3O. The first-order chi connectivity index (χ1) is 8.14. The predicted octanol–water partition coefficient (Wildman–Crippen LogP) is 1.65. The van der Waals surface area contributed by atoms with E-state index in [0.717, 1.165) is 18.5 Å². The highest BCUT2D eigenvalue weighted by atomic mass is 16.3. The van der Waals surface area contributed by atoms with Crippen molar-refractivity contribution in [3.8, 4) is 5.75 Å². The number of rotatable bonds is 3. The van der Waals surface area contributed by atoms with E-state index in [1.807, 2.05) is 12.1 Å².